The zero-order chi connectivity index (χ0) is 17.0. The molecule has 8 heteroatoms. The van der Waals surface area contributed by atoms with E-state index < -0.39 is 6.36 Å². The second-order valence-corrected chi connectivity index (χ2v) is 4.90. The molecule has 5 nitrogen and oxygen atoms in total. The van der Waals surface area contributed by atoms with Gasteiger partial charge in [-0.2, -0.15) is 5.10 Å². The summed E-state index contributed by atoms with van der Waals surface area (Å²) >= 11 is 0. The molecule has 0 radical (unpaired) electrons. The van der Waals surface area contributed by atoms with Gasteiger partial charge >= 0.3 is 6.36 Å². The number of nitrogens with one attached hydrogen (secondary N) is 1. The Kier molecular flexibility index (Phi) is 4.37. The van der Waals surface area contributed by atoms with E-state index in [1.807, 2.05) is 36.5 Å². The molecule has 0 saturated carbocycles. The van der Waals surface area contributed by atoms with Gasteiger partial charge in [0.1, 0.15) is 11.6 Å². The van der Waals surface area contributed by atoms with Crippen molar-refractivity contribution >= 4 is 5.82 Å². The van der Waals surface area contributed by atoms with Gasteiger partial charge in [0.05, 0.1) is 11.9 Å². The molecule has 3 rings (SSSR count). The summed E-state index contributed by atoms with van der Waals surface area (Å²) in [6.45, 7) is 0.492. The topological polar surface area (TPSA) is 52.0 Å². The molecule has 0 atom stereocenters. The number of hydrogen-bond donors (Lipinski definition) is 1. The van der Waals surface area contributed by atoms with Crippen LogP contribution < -0.4 is 10.1 Å². The molecule has 1 aromatic carbocycles. The van der Waals surface area contributed by atoms with Crippen molar-refractivity contribution in [3.8, 4) is 11.4 Å². The van der Waals surface area contributed by atoms with Gasteiger partial charge in [-0.1, -0.05) is 12.1 Å². The average Bonchev–Trinajstić information content (AvgIpc) is 3.08. The van der Waals surface area contributed by atoms with E-state index in [2.05, 4.69) is 20.1 Å². The number of rotatable bonds is 5. The Labute approximate surface area is 135 Å². The second-order valence-electron chi connectivity index (χ2n) is 4.90. The molecule has 2 aromatic heterocycles. The number of halogens is 3. The molecule has 2 heterocycles. The molecule has 0 spiro atoms. The minimum absolute atomic E-state index is 0.350. The molecule has 0 unspecified atom stereocenters. The second kappa shape index (κ2) is 6.61. The first-order valence-electron chi connectivity index (χ1n) is 7.04. The van der Waals surface area contributed by atoms with Crippen LogP contribution in [0, 0.1) is 0 Å². The average molecular weight is 334 g/mol. The van der Waals surface area contributed by atoms with Gasteiger partial charge in [0, 0.05) is 18.9 Å². The third-order valence-electron chi connectivity index (χ3n) is 3.15. The van der Waals surface area contributed by atoms with E-state index in [1.54, 1.807) is 10.9 Å². The van der Waals surface area contributed by atoms with Gasteiger partial charge in [-0.05, 0) is 35.9 Å². The van der Waals surface area contributed by atoms with Crippen LogP contribution in [0.25, 0.3) is 5.69 Å². The minimum atomic E-state index is -4.72. The summed E-state index contributed by atoms with van der Waals surface area (Å²) in [5.41, 5.74) is 1.94. The van der Waals surface area contributed by atoms with Gasteiger partial charge in [0.15, 0.2) is 0 Å². The van der Waals surface area contributed by atoms with E-state index in [9.17, 15) is 13.2 Å². The van der Waals surface area contributed by atoms with Crippen LogP contribution in [0.1, 0.15) is 5.56 Å². The van der Waals surface area contributed by atoms with Crippen LogP contribution in [-0.2, 0) is 6.54 Å². The maximum atomic E-state index is 12.1. The van der Waals surface area contributed by atoms with Crippen molar-refractivity contribution in [1.29, 1.82) is 0 Å². The van der Waals surface area contributed by atoms with E-state index >= 15 is 0 Å². The Morgan fingerprint density at radius 1 is 1.08 bits per heavy atom. The molecule has 1 N–H and O–H groups in total. The predicted octanol–water partition coefficient (Wildman–Crippen LogP) is 3.78. The highest BCUT2D eigenvalue weighted by Crippen LogP contribution is 2.22. The molecule has 0 aliphatic rings. The first-order valence-corrected chi connectivity index (χ1v) is 7.04. The first-order chi connectivity index (χ1) is 11.5. The lowest BCUT2D eigenvalue weighted by Gasteiger charge is -2.10. The molecular weight excluding hydrogens is 321 g/mol. The molecule has 0 bridgehead atoms. The third kappa shape index (κ3) is 4.25. The summed E-state index contributed by atoms with van der Waals surface area (Å²) in [5, 5.41) is 7.18. The van der Waals surface area contributed by atoms with E-state index in [0.717, 1.165) is 17.4 Å². The lowest BCUT2D eigenvalue weighted by Crippen LogP contribution is -2.17. The van der Waals surface area contributed by atoms with Crippen molar-refractivity contribution in [2.45, 2.75) is 12.9 Å². The van der Waals surface area contributed by atoms with Gasteiger partial charge in [-0.25, -0.2) is 9.67 Å². The van der Waals surface area contributed by atoms with Gasteiger partial charge in [-0.3, -0.25) is 0 Å². The molecule has 124 valence electrons. The molecule has 0 saturated heterocycles. The number of pyridine rings is 1. The Balaban J connectivity index is 1.57. The molecule has 0 aliphatic carbocycles. The quantitative estimate of drug-likeness (QED) is 0.771. The van der Waals surface area contributed by atoms with Crippen LogP contribution in [0.5, 0.6) is 5.75 Å². The van der Waals surface area contributed by atoms with E-state index in [4.69, 9.17) is 0 Å². The van der Waals surface area contributed by atoms with E-state index in [1.165, 1.54) is 12.1 Å². The van der Waals surface area contributed by atoms with E-state index in [0.29, 0.717) is 12.4 Å². The highest BCUT2D eigenvalue weighted by molar-refractivity contribution is 5.40. The van der Waals surface area contributed by atoms with Crippen molar-refractivity contribution in [3.63, 3.8) is 0 Å². The fourth-order valence-electron chi connectivity index (χ4n) is 2.06. The van der Waals surface area contributed by atoms with Crippen molar-refractivity contribution in [3.05, 3.63) is 66.6 Å². The molecule has 0 aliphatic heterocycles. The summed E-state index contributed by atoms with van der Waals surface area (Å²) < 4.78 is 41.7. The summed E-state index contributed by atoms with van der Waals surface area (Å²) in [4.78, 5) is 3.89. The van der Waals surface area contributed by atoms with Crippen molar-refractivity contribution in [1.82, 2.24) is 14.8 Å². The van der Waals surface area contributed by atoms with Crippen molar-refractivity contribution in [2.75, 3.05) is 5.32 Å². The lowest BCUT2D eigenvalue weighted by atomic mass is 10.2. The minimum Gasteiger partial charge on any atom is -0.404 e. The highest BCUT2D eigenvalue weighted by Gasteiger charge is 2.31. The molecule has 0 fully saturated rings. The third-order valence-corrected chi connectivity index (χ3v) is 3.15. The fraction of sp³-hybridized carbons (Fsp3) is 0.125. The smallest absolute Gasteiger partial charge is 0.404 e. The Hall–Kier alpha value is -3.03. The molecular formula is C16H13F3N4O. The molecule has 24 heavy (non-hydrogen) atoms. The number of ether oxygens (including phenoxy) is 1. The normalized spacial score (nSPS) is 11.3. The number of anilines is 1. The van der Waals surface area contributed by atoms with Crippen LogP contribution in [0.3, 0.4) is 0 Å². The Morgan fingerprint density at radius 3 is 2.46 bits per heavy atom. The fourth-order valence-corrected chi connectivity index (χ4v) is 2.06. The summed E-state index contributed by atoms with van der Waals surface area (Å²) in [7, 11) is 0. The van der Waals surface area contributed by atoms with Gasteiger partial charge in [0.2, 0.25) is 0 Å². The van der Waals surface area contributed by atoms with Crippen LogP contribution >= 0.6 is 0 Å². The standard InChI is InChI=1S/C16H13F3N4O/c17-16(18,19)24-14-6-7-15(21-11-14)20-10-12-2-4-13(5-3-12)23-9-1-8-22-23/h1-9,11H,10H2,(H,20,21). The van der Waals surface area contributed by atoms with Crippen molar-refractivity contribution < 1.29 is 17.9 Å². The highest BCUT2D eigenvalue weighted by atomic mass is 19.4. The van der Waals surface area contributed by atoms with Crippen LogP contribution in [0.2, 0.25) is 0 Å². The number of nitrogens with zero attached hydrogens (tertiary/aromatic N) is 3. The van der Waals surface area contributed by atoms with E-state index in [-0.39, 0.29) is 5.75 Å². The number of alkyl halides is 3. The Bertz CT molecular complexity index is 769. The van der Waals surface area contributed by atoms with Crippen LogP contribution in [-0.4, -0.2) is 21.1 Å². The predicted molar refractivity (Wildman–Crippen MR) is 81.8 cm³/mol. The largest absolute Gasteiger partial charge is 0.573 e. The number of aromatic nitrogens is 3. The number of hydrogen-bond acceptors (Lipinski definition) is 4. The molecule has 3 aromatic rings. The summed E-state index contributed by atoms with van der Waals surface area (Å²) in [5.74, 6) is 0.109. The SMILES string of the molecule is FC(F)(F)Oc1ccc(NCc2ccc(-n3cccn3)cc2)nc1. The Morgan fingerprint density at radius 2 is 1.88 bits per heavy atom. The zero-order valence-corrected chi connectivity index (χ0v) is 12.4. The number of benzene rings is 1. The van der Waals surface area contributed by atoms with Crippen LogP contribution in [0.4, 0.5) is 19.0 Å². The lowest BCUT2D eigenvalue weighted by molar-refractivity contribution is -0.274. The zero-order valence-electron chi connectivity index (χ0n) is 12.4. The van der Waals surface area contributed by atoms with Gasteiger partial charge in [0.25, 0.3) is 0 Å². The van der Waals surface area contributed by atoms with Crippen molar-refractivity contribution in [2.24, 2.45) is 0 Å². The summed E-state index contributed by atoms with van der Waals surface area (Å²) in [6, 6.07) is 12.2. The maximum Gasteiger partial charge on any atom is 0.573 e. The summed E-state index contributed by atoms with van der Waals surface area (Å²) in [6.07, 6.45) is -0.140. The van der Waals surface area contributed by atoms with Crippen LogP contribution in [0.15, 0.2) is 61.1 Å². The maximum absolute atomic E-state index is 12.1. The van der Waals surface area contributed by atoms with Gasteiger partial charge < -0.3 is 10.1 Å². The first kappa shape index (κ1) is 15.9. The van der Waals surface area contributed by atoms with Gasteiger partial charge in [-0.15, -0.1) is 13.2 Å². The monoisotopic (exact) mass is 334 g/mol. The molecule has 0 amide bonds.